The predicted octanol–water partition coefficient (Wildman–Crippen LogP) is 0.739. The van der Waals surface area contributed by atoms with Crippen LogP contribution in [0.2, 0.25) is 0 Å². The highest BCUT2D eigenvalue weighted by molar-refractivity contribution is 5.86. The Kier molecular flexibility index (Phi) is 4.79. The summed E-state index contributed by atoms with van der Waals surface area (Å²) in [7, 11) is 0. The van der Waals surface area contributed by atoms with E-state index in [0.717, 1.165) is 0 Å². The molecule has 2 N–H and O–H groups in total. The molecule has 0 saturated carbocycles. The average molecular weight is 272 g/mol. The molecule has 1 rings (SSSR count). The molecule has 1 saturated heterocycles. The van der Waals surface area contributed by atoms with Crippen LogP contribution < -0.4 is 5.32 Å². The van der Waals surface area contributed by atoms with Gasteiger partial charge in [-0.15, -0.1) is 0 Å². The van der Waals surface area contributed by atoms with Gasteiger partial charge < -0.3 is 20.1 Å². The third kappa shape index (κ3) is 4.70. The Balaban J connectivity index is 2.58. The van der Waals surface area contributed by atoms with Crippen molar-refractivity contribution in [1.82, 2.24) is 10.2 Å². The van der Waals surface area contributed by atoms with Crippen molar-refractivity contribution in [3.8, 4) is 0 Å². The molecule has 0 aromatic carbocycles. The number of nitrogens with zero attached hydrogens (tertiary/aromatic N) is 1. The van der Waals surface area contributed by atoms with Crippen LogP contribution in [0.4, 0.5) is 4.79 Å². The molecular formula is C13H24N2O4. The molecule has 1 fully saturated rings. The van der Waals surface area contributed by atoms with Gasteiger partial charge in [-0.1, -0.05) is 13.8 Å². The van der Waals surface area contributed by atoms with Crippen molar-refractivity contribution >= 4 is 12.0 Å². The van der Waals surface area contributed by atoms with Gasteiger partial charge in [-0.3, -0.25) is 4.79 Å². The van der Waals surface area contributed by atoms with Crippen molar-refractivity contribution < 1.29 is 19.4 Å². The number of hydrogen-bond donors (Lipinski definition) is 2. The number of amides is 2. The Bertz CT molecular complexity index is 343. The number of β-amino-alcohol motifs (C(OH)–C–C–N with tert-alkyl or cyclic N) is 1. The van der Waals surface area contributed by atoms with Gasteiger partial charge >= 0.3 is 6.09 Å². The van der Waals surface area contributed by atoms with Gasteiger partial charge in [-0.25, -0.2) is 4.79 Å². The van der Waals surface area contributed by atoms with E-state index in [2.05, 4.69) is 5.32 Å². The number of carbonyl (C=O) groups excluding carboxylic acids is 2. The van der Waals surface area contributed by atoms with Crippen molar-refractivity contribution in [3.05, 3.63) is 0 Å². The molecule has 0 aromatic rings. The smallest absolute Gasteiger partial charge is 0.408 e. The van der Waals surface area contributed by atoms with Gasteiger partial charge in [-0.05, 0) is 26.7 Å². The SMILES string of the molecule is CC(C)C(NC(=O)OC(C)(C)C)C(=O)N1CC(O)C1. The maximum absolute atomic E-state index is 12.2. The van der Waals surface area contributed by atoms with E-state index in [0.29, 0.717) is 13.1 Å². The molecule has 1 aliphatic heterocycles. The van der Waals surface area contributed by atoms with Crippen molar-refractivity contribution in [1.29, 1.82) is 0 Å². The van der Waals surface area contributed by atoms with Crippen LogP contribution in [0.5, 0.6) is 0 Å². The maximum atomic E-state index is 12.2. The summed E-state index contributed by atoms with van der Waals surface area (Å²) in [5, 5.41) is 11.8. The van der Waals surface area contributed by atoms with Crippen LogP contribution in [0, 0.1) is 5.92 Å². The quantitative estimate of drug-likeness (QED) is 0.794. The van der Waals surface area contributed by atoms with Crippen molar-refractivity contribution in [3.63, 3.8) is 0 Å². The third-order valence-electron chi connectivity index (χ3n) is 2.78. The van der Waals surface area contributed by atoms with Gasteiger partial charge in [0, 0.05) is 13.1 Å². The molecule has 0 aromatic heterocycles. The van der Waals surface area contributed by atoms with E-state index in [4.69, 9.17) is 4.74 Å². The fourth-order valence-corrected chi connectivity index (χ4v) is 1.78. The van der Waals surface area contributed by atoms with Crippen molar-refractivity contribution in [2.45, 2.75) is 52.4 Å². The molecule has 6 nitrogen and oxygen atoms in total. The molecule has 0 spiro atoms. The number of likely N-dealkylation sites (tertiary alicyclic amines) is 1. The van der Waals surface area contributed by atoms with Gasteiger partial charge in [0.25, 0.3) is 0 Å². The number of ether oxygens (including phenoxy) is 1. The standard InChI is InChI=1S/C13H24N2O4/c1-8(2)10(11(17)15-6-9(16)7-15)14-12(18)19-13(3,4)5/h8-10,16H,6-7H2,1-5H3,(H,14,18). The lowest BCUT2D eigenvalue weighted by molar-refractivity contribution is -0.144. The second kappa shape index (κ2) is 5.77. The summed E-state index contributed by atoms with van der Waals surface area (Å²) in [5.74, 6) is -0.219. The number of aliphatic hydroxyl groups is 1. The lowest BCUT2D eigenvalue weighted by Crippen LogP contribution is -2.60. The van der Waals surface area contributed by atoms with Crippen LogP contribution in [-0.2, 0) is 9.53 Å². The Hall–Kier alpha value is -1.30. The summed E-state index contributed by atoms with van der Waals surface area (Å²) < 4.78 is 5.15. The molecule has 110 valence electrons. The Labute approximate surface area is 114 Å². The number of carbonyl (C=O) groups is 2. The monoisotopic (exact) mass is 272 g/mol. The lowest BCUT2D eigenvalue weighted by Gasteiger charge is -2.39. The molecule has 1 aliphatic rings. The topological polar surface area (TPSA) is 78.9 Å². The summed E-state index contributed by atoms with van der Waals surface area (Å²) in [6, 6.07) is -0.623. The highest BCUT2D eigenvalue weighted by Gasteiger charge is 2.36. The molecule has 0 aliphatic carbocycles. The summed E-state index contributed by atoms with van der Waals surface area (Å²) in [6.45, 7) is 9.68. The number of hydrogen-bond acceptors (Lipinski definition) is 4. The summed E-state index contributed by atoms with van der Waals surface area (Å²) in [4.78, 5) is 25.4. The van der Waals surface area contributed by atoms with Gasteiger partial charge in [0.05, 0.1) is 6.10 Å². The van der Waals surface area contributed by atoms with E-state index >= 15 is 0 Å². The average Bonchev–Trinajstić information content (AvgIpc) is 2.17. The largest absolute Gasteiger partial charge is 0.444 e. The first-order valence-electron chi connectivity index (χ1n) is 6.56. The Morgan fingerprint density at radius 3 is 2.21 bits per heavy atom. The maximum Gasteiger partial charge on any atom is 0.408 e. The number of rotatable bonds is 3. The molecule has 6 heteroatoms. The minimum atomic E-state index is -0.623. The molecule has 1 heterocycles. The highest BCUT2D eigenvalue weighted by Crippen LogP contribution is 2.14. The van der Waals surface area contributed by atoms with Crippen LogP contribution in [0.15, 0.2) is 0 Å². The van der Waals surface area contributed by atoms with E-state index in [9.17, 15) is 14.7 Å². The van der Waals surface area contributed by atoms with Crippen LogP contribution in [0.3, 0.4) is 0 Å². The van der Waals surface area contributed by atoms with Crippen molar-refractivity contribution in [2.75, 3.05) is 13.1 Å². The van der Waals surface area contributed by atoms with E-state index in [1.54, 1.807) is 20.8 Å². The summed E-state index contributed by atoms with van der Waals surface area (Å²) >= 11 is 0. The zero-order chi connectivity index (χ0) is 14.8. The van der Waals surface area contributed by atoms with E-state index < -0.39 is 23.8 Å². The zero-order valence-corrected chi connectivity index (χ0v) is 12.3. The molecule has 1 atom stereocenters. The third-order valence-corrected chi connectivity index (χ3v) is 2.78. The molecule has 0 bridgehead atoms. The molecule has 0 radical (unpaired) electrons. The van der Waals surface area contributed by atoms with Crippen LogP contribution in [0.1, 0.15) is 34.6 Å². The molecule has 2 amide bonds. The normalized spacial score (nSPS) is 17.9. The van der Waals surface area contributed by atoms with E-state index in [1.165, 1.54) is 4.90 Å². The molecule has 1 unspecified atom stereocenters. The summed E-state index contributed by atoms with van der Waals surface area (Å²) in [5.41, 5.74) is -0.596. The molecular weight excluding hydrogens is 248 g/mol. The van der Waals surface area contributed by atoms with Crippen molar-refractivity contribution in [2.24, 2.45) is 5.92 Å². The number of aliphatic hydroxyl groups excluding tert-OH is 1. The fraction of sp³-hybridized carbons (Fsp3) is 0.846. The lowest BCUT2D eigenvalue weighted by atomic mass is 10.0. The molecule has 19 heavy (non-hydrogen) atoms. The summed E-state index contributed by atoms with van der Waals surface area (Å²) in [6.07, 6.45) is -1.04. The van der Waals surface area contributed by atoms with E-state index in [-0.39, 0.29) is 11.8 Å². The van der Waals surface area contributed by atoms with Crippen LogP contribution in [0.25, 0.3) is 0 Å². The minimum Gasteiger partial charge on any atom is -0.444 e. The second-order valence-electron chi connectivity index (χ2n) is 6.26. The first kappa shape index (κ1) is 15.8. The number of alkyl carbamates (subject to hydrolysis) is 1. The van der Waals surface area contributed by atoms with Gasteiger partial charge in [0.1, 0.15) is 11.6 Å². The van der Waals surface area contributed by atoms with Gasteiger partial charge in [-0.2, -0.15) is 0 Å². The highest BCUT2D eigenvalue weighted by atomic mass is 16.6. The number of nitrogens with one attached hydrogen (secondary N) is 1. The Morgan fingerprint density at radius 1 is 1.32 bits per heavy atom. The zero-order valence-electron chi connectivity index (χ0n) is 12.3. The second-order valence-corrected chi connectivity index (χ2v) is 6.26. The Morgan fingerprint density at radius 2 is 1.84 bits per heavy atom. The van der Waals surface area contributed by atoms with E-state index in [1.807, 2.05) is 13.8 Å². The fourth-order valence-electron chi connectivity index (χ4n) is 1.78. The van der Waals surface area contributed by atoms with Crippen LogP contribution in [-0.4, -0.2) is 52.8 Å². The van der Waals surface area contributed by atoms with Gasteiger partial charge in [0.15, 0.2) is 0 Å². The first-order valence-corrected chi connectivity index (χ1v) is 6.56. The minimum absolute atomic E-state index is 0.0437. The van der Waals surface area contributed by atoms with Crippen LogP contribution >= 0.6 is 0 Å². The predicted molar refractivity (Wildman–Crippen MR) is 70.6 cm³/mol. The van der Waals surface area contributed by atoms with Gasteiger partial charge in [0.2, 0.25) is 5.91 Å². The first-order chi connectivity index (χ1) is 8.60.